The van der Waals surface area contributed by atoms with Crippen LogP contribution in [0.2, 0.25) is 0 Å². The summed E-state index contributed by atoms with van der Waals surface area (Å²) in [6, 6.07) is 4.69. The van der Waals surface area contributed by atoms with E-state index in [4.69, 9.17) is 10.00 Å². The van der Waals surface area contributed by atoms with E-state index in [2.05, 4.69) is 15.9 Å². The van der Waals surface area contributed by atoms with Crippen LogP contribution in [0.15, 0.2) is 16.6 Å². The van der Waals surface area contributed by atoms with E-state index in [0.717, 1.165) is 0 Å². The minimum atomic E-state index is -0.518. The van der Waals surface area contributed by atoms with Gasteiger partial charge in [-0.15, -0.1) is 0 Å². The van der Waals surface area contributed by atoms with Gasteiger partial charge in [-0.05, 0) is 35.0 Å². The molecule has 0 unspecified atom stereocenters. The van der Waals surface area contributed by atoms with E-state index in [1.54, 1.807) is 6.92 Å². The Kier molecular flexibility index (Phi) is 4.20. The molecule has 1 aromatic carbocycles. The van der Waals surface area contributed by atoms with Gasteiger partial charge in [0.1, 0.15) is 6.07 Å². The zero-order valence-corrected chi connectivity index (χ0v) is 10.1. The molecule has 0 aliphatic heterocycles. The molecule has 0 amide bonds. The topological polar surface area (TPSA) is 67.2 Å². The molecular weight excluding hydrogens is 274 g/mol. The number of halogens is 1. The number of nitriles is 1. The maximum absolute atomic E-state index is 11.4. The number of carbonyl (C=O) groups excluding carboxylic acids is 2. The number of nitrogens with zero attached hydrogens (tertiary/aromatic N) is 1. The van der Waals surface area contributed by atoms with E-state index < -0.39 is 5.97 Å². The molecule has 0 aromatic heterocycles. The number of aldehydes is 1. The second-order valence-electron chi connectivity index (χ2n) is 2.87. The largest absolute Gasteiger partial charge is 0.462 e. The Morgan fingerprint density at radius 3 is 2.81 bits per heavy atom. The van der Waals surface area contributed by atoms with Crippen molar-refractivity contribution in [1.82, 2.24) is 0 Å². The van der Waals surface area contributed by atoms with Gasteiger partial charge < -0.3 is 4.74 Å². The maximum Gasteiger partial charge on any atom is 0.338 e. The Labute approximate surface area is 101 Å². The van der Waals surface area contributed by atoms with Crippen molar-refractivity contribution in [2.45, 2.75) is 6.92 Å². The molecule has 0 fully saturated rings. The second-order valence-corrected chi connectivity index (χ2v) is 3.73. The predicted molar refractivity (Wildman–Crippen MR) is 60.2 cm³/mol. The van der Waals surface area contributed by atoms with Gasteiger partial charge in [0.05, 0.1) is 17.7 Å². The highest BCUT2D eigenvalue weighted by Gasteiger charge is 2.13. The Bertz CT molecular complexity index is 477. The molecule has 82 valence electrons. The Morgan fingerprint density at radius 1 is 1.62 bits per heavy atom. The molecule has 1 rings (SSSR count). The van der Waals surface area contributed by atoms with Crippen molar-refractivity contribution in [3.05, 3.63) is 33.3 Å². The Morgan fingerprint density at radius 2 is 2.31 bits per heavy atom. The van der Waals surface area contributed by atoms with Gasteiger partial charge in [-0.1, -0.05) is 0 Å². The van der Waals surface area contributed by atoms with Crippen LogP contribution in [0.3, 0.4) is 0 Å². The highest BCUT2D eigenvalue weighted by Crippen LogP contribution is 2.22. The number of benzene rings is 1. The lowest BCUT2D eigenvalue weighted by molar-refractivity contribution is 0.0526. The van der Waals surface area contributed by atoms with Crippen molar-refractivity contribution in [3.63, 3.8) is 0 Å². The standard InChI is InChI=1S/C11H8BrNO3/c1-2-16-11(15)7-3-8(6-14)9(5-13)10(12)4-7/h3-4,6H,2H2,1H3. The summed E-state index contributed by atoms with van der Waals surface area (Å²) in [7, 11) is 0. The van der Waals surface area contributed by atoms with Gasteiger partial charge in [-0.2, -0.15) is 5.26 Å². The molecule has 0 aliphatic carbocycles. The van der Waals surface area contributed by atoms with Crippen LogP contribution in [-0.4, -0.2) is 18.9 Å². The number of esters is 1. The fraction of sp³-hybridized carbons (Fsp3) is 0.182. The van der Waals surface area contributed by atoms with E-state index in [9.17, 15) is 9.59 Å². The monoisotopic (exact) mass is 281 g/mol. The second kappa shape index (κ2) is 5.42. The van der Waals surface area contributed by atoms with Gasteiger partial charge in [-0.25, -0.2) is 4.79 Å². The first-order chi connectivity index (χ1) is 7.63. The molecule has 16 heavy (non-hydrogen) atoms. The van der Waals surface area contributed by atoms with Gasteiger partial charge in [0.15, 0.2) is 6.29 Å². The number of rotatable bonds is 3. The van der Waals surface area contributed by atoms with Gasteiger partial charge in [0.25, 0.3) is 0 Å². The lowest BCUT2D eigenvalue weighted by Gasteiger charge is -2.05. The van der Waals surface area contributed by atoms with Crippen molar-refractivity contribution in [1.29, 1.82) is 5.26 Å². The van der Waals surface area contributed by atoms with Crippen LogP contribution in [0, 0.1) is 11.3 Å². The summed E-state index contributed by atoms with van der Waals surface area (Å²) >= 11 is 3.13. The number of hydrogen-bond acceptors (Lipinski definition) is 4. The molecule has 0 saturated carbocycles. The smallest absolute Gasteiger partial charge is 0.338 e. The summed E-state index contributed by atoms with van der Waals surface area (Å²) in [4.78, 5) is 22.2. The fourth-order valence-electron chi connectivity index (χ4n) is 1.17. The van der Waals surface area contributed by atoms with Crippen LogP contribution in [0.25, 0.3) is 0 Å². The lowest BCUT2D eigenvalue weighted by Crippen LogP contribution is -2.06. The van der Waals surface area contributed by atoms with Crippen molar-refractivity contribution < 1.29 is 14.3 Å². The molecule has 0 radical (unpaired) electrons. The highest BCUT2D eigenvalue weighted by molar-refractivity contribution is 9.10. The molecule has 0 aliphatic rings. The van der Waals surface area contributed by atoms with Crippen LogP contribution in [-0.2, 0) is 4.74 Å². The normalized spacial score (nSPS) is 9.31. The van der Waals surface area contributed by atoms with E-state index in [-0.39, 0.29) is 23.3 Å². The van der Waals surface area contributed by atoms with Gasteiger partial charge in [-0.3, -0.25) is 4.79 Å². The van der Waals surface area contributed by atoms with E-state index in [1.807, 2.05) is 6.07 Å². The maximum atomic E-state index is 11.4. The molecule has 4 nitrogen and oxygen atoms in total. The van der Waals surface area contributed by atoms with Crippen LogP contribution in [0.5, 0.6) is 0 Å². The van der Waals surface area contributed by atoms with Gasteiger partial charge in [0, 0.05) is 10.0 Å². The van der Waals surface area contributed by atoms with Crippen LogP contribution in [0.1, 0.15) is 33.2 Å². The van der Waals surface area contributed by atoms with Crippen molar-refractivity contribution in [3.8, 4) is 6.07 Å². The molecule has 1 aromatic rings. The average molecular weight is 282 g/mol. The SMILES string of the molecule is CCOC(=O)c1cc(Br)c(C#N)c(C=O)c1. The van der Waals surface area contributed by atoms with Crippen LogP contribution >= 0.6 is 15.9 Å². The molecule has 0 atom stereocenters. The summed E-state index contributed by atoms with van der Waals surface area (Å²) in [5.41, 5.74) is 0.623. The minimum Gasteiger partial charge on any atom is -0.462 e. The fourth-order valence-corrected chi connectivity index (χ4v) is 1.74. The third-order valence-electron chi connectivity index (χ3n) is 1.87. The molecule has 0 bridgehead atoms. The molecular formula is C11H8BrNO3. The number of hydrogen-bond donors (Lipinski definition) is 0. The summed E-state index contributed by atoms with van der Waals surface area (Å²) in [5.74, 6) is -0.518. The molecule has 0 N–H and O–H groups in total. The quantitative estimate of drug-likeness (QED) is 0.630. The average Bonchev–Trinajstić information content (AvgIpc) is 2.28. The molecule has 0 spiro atoms. The van der Waals surface area contributed by atoms with Gasteiger partial charge >= 0.3 is 5.97 Å². The molecule has 0 saturated heterocycles. The van der Waals surface area contributed by atoms with Crippen LogP contribution in [0.4, 0.5) is 0 Å². The number of carbonyl (C=O) groups is 2. The third kappa shape index (κ3) is 2.47. The van der Waals surface area contributed by atoms with Gasteiger partial charge in [0.2, 0.25) is 0 Å². The summed E-state index contributed by atoms with van der Waals surface area (Å²) in [6.07, 6.45) is 0.534. The number of ether oxygens (including phenoxy) is 1. The zero-order valence-electron chi connectivity index (χ0n) is 8.49. The summed E-state index contributed by atoms with van der Waals surface area (Å²) in [6.45, 7) is 1.95. The van der Waals surface area contributed by atoms with Crippen molar-refractivity contribution >= 4 is 28.2 Å². The first-order valence-corrected chi connectivity index (χ1v) is 5.29. The lowest BCUT2D eigenvalue weighted by atomic mass is 10.1. The molecule has 5 heteroatoms. The van der Waals surface area contributed by atoms with E-state index >= 15 is 0 Å². The first-order valence-electron chi connectivity index (χ1n) is 4.50. The highest BCUT2D eigenvalue weighted by atomic mass is 79.9. The Hall–Kier alpha value is -1.67. The first kappa shape index (κ1) is 12.4. The zero-order chi connectivity index (χ0) is 12.1. The van der Waals surface area contributed by atoms with E-state index in [0.29, 0.717) is 10.8 Å². The van der Waals surface area contributed by atoms with Crippen molar-refractivity contribution in [2.75, 3.05) is 6.61 Å². The Balaban J connectivity index is 3.27. The summed E-state index contributed by atoms with van der Waals surface area (Å²) < 4.78 is 5.20. The summed E-state index contributed by atoms with van der Waals surface area (Å²) in [5, 5.41) is 8.81. The third-order valence-corrected chi connectivity index (χ3v) is 2.50. The molecule has 0 heterocycles. The predicted octanol–water partition coefficient (Wildman–Crippen LogP) is 2.31. The minimum absolute atomic E-state index is 0.167. The van der Waals surface area contributed by atoms with Crippen molar-refractivity contribution in [2.24, 2.45) is 0 Å². The van der Waals surface area contributed by atoms with Crippen LogP contribution < -0.4 is 0 Å². The van der Waals surface area contributed by atoms with E-state index in [1.165, 1.54) is 12.1 Å².